The van der Waals surface area contributed by atoms with Gasteiger partial charge in [0.1, 0.15) is 5.78 Å². The number of carbonyl (C=O) groups is 1. The molecule has 2 aromatic carbocycles. The molecule has 2 atom stereocenters. The quantitative estimate of drug-likeness (QED) is 0.576. The number of benzene rings is 2. The van der Waals surface area contributed by atoms with Crippen LogP contribution in [0, 0.1) is 16.0 Å². The number of nitrogens with zero attached hydrogens (tertiary/aromatic N) is 1. The van der Waals surface area contributed by atoms with Gasteiger partial charge < -0.3 is 0 Å². The Kier molecular flexibility index (Phi) is 5.42. The Balaban J connectivity index is 2.04. The smallest absolute Gasteiger partial charge is 0.241 e. The molecular weight excluding hydrogens is 278 g/mol. The zero-order valence-electron chi connectivity index (χ0n) is 12.5. The fourth-order valence-corrected chi connectivity index (χ4v) is 2.67. The Hall–Kier alpha value is -2.49. The Morgan fingerprint density at radius 2 is 1.59 bits per heavy atom. The highest BCUT2D eigenvalue weighted by Crippen LogP contribution is 2.28. The summed E-state index contributed by atoms with van der Waals surface area (Å²) in [5.74, 6) is -0.310. The molecule has 0 saturated heterocycles. The SMILES string of the molecule is CC(CC(=O)Cc1ccccc1)C(c1ccccc1)[N+](=O)[O-]. The van der Waals surface area contributed by atoms with E-state index in [1.54, 1.807) is 31.2 Å². The summed E-state index contributed by atoms with van der Waals surface area (Å²) in [6.07, 6.45) is 0.528. The minimum atomic E-state index is -0.846. The van der Waals surface area contributed by atoms with Crippen LogP contribution in [0.2, 0.25) is 0 Å². The van der Waals surface area contributed by atoms with Gasteiger partial charge in [-0.3, -0.25) is 14.9 Å². The standard InChI is InChI=1S/C18H19NO3/c1-14(12-17(20)13-15-8-4-2-5-9-15)18(19(21)22)16-10-6-3-7-11-16/h2-11,14,18H,12-13H2,1H3. The molecule has 2 rings (SSSR count). The fourth-order valence-electron chi connectivity index (χ4n) is 2.67. The van der Waals surface area contributed by atoms with Crippen LogP contribution in [0.1, 0.15) is 30.5 Å². The van der Waals surface area contributed by atoms with Crippen LogP contribution in [0.15, 0.2) is 60.7 Å². The second-order valence-electron chi connectivity index (χ2n) is 5.52. The number of rotatable bonds is 7. The van der Waals surface area contributed by atoms with Crippen LogP contribution >= 0.6 is 0 Å². The van der Waals surface area contributed by atoms with Crippen LogP contribution in [0.25, 0.3) is 0 Å². The Labute approximate surface area is 129 Å². The Morgan fingerprint density at radius 1 is 1.05 bits per heavy atom. The van der Waals surface area contributed by atoms with E-state index < -0.39 is 6.04 Å². The first-order chi connectivity index (χ1) is 10.6. The molecule has 0 spiro atoms. The molecule has 0 aromatic heterocycles. The van der Waals surface area contributed by atoms with Gasteiger partial charge in [-0.15, -0.1) is 0 Å². The molecule has 0 fully saturated rings. The first-order valence-corrected chi connectivity index (χ1v) is 7.32. The van der Waals surface area contributed by atoms with Crippen LogP contribution in [0.5, 0.6) is 0 Å². The number of Topliss-reactive ketones (excluding diaryl/α,β-unsaturated/α-hetero) is 1. The summed E-state index contributed by atoms with van der Waals surface area (Å²) >= 11 is 0. The summed E-state index contributed by atoms with van der Waals surface area (Å²) < 4.78 is 0. The van der Waals surface area contributed by atoms with E-state index >= 15 is 0 Å². The van der Waals surface area contributed by atoms with E-state index in [2.05, 4.69) is 0 Å². The van der Waals surface area contributed by atoms with E-state index in [-0.39, 0.29) is 23.0 Å². The van der Waals surface area contributed by atoms with E-state index in [9.17, 15) is 14.9 Å². The van der Waals surface area contributed by atoms with Crippen molar-refractivity contribution in [2.45, 2.75) is 25.8 Å². The first kappa shape index (κ1) is 15.9. The largest absolute Gasteiger partial charge is 0.299 e. The van der Waals surface area contributed by atoms with Crippen LogP contribution in [-0.2, 0) is 11.2 Å². The van der Waals surface area contributed by atoms with Crippen molar-refractivity contribution in [2.24, 2.45) is 5.92 Å². The number of hydrogen-bond donors (Lipinski definition) is 0. The van der Waals surface area contributed by atoms with E-state index in [0.717, 1.165) is 5.56 Å². The molecule has 0 aliphatic rings. The highest BCUT2D eigenvalue weighted by Gasteiger charge is 2.31. The summed E-state index contributed by atoms with van der Waals surface area (Å²) in [6, 6.07) is 17.5. The first-order valence-electron chi connectivity index (χ1n) is 7.32. The average molecular weight is 297 g/mol. The minimum Gasteiger partial charge on any atom is -0.299 e. The number of ketones is 1. The molecule has 22 heavy (non-hydrogen) atoms. The van der Waals surface area contributed by atoms with Crippen LogP contribution in [-0.4, -0.2) is 10.7 Å². The number of nitro groups is 1. The van der Waals surface area contributed by atoms with E-state index in [1.807, 2.05) is 36.4 Å². The third kappa shape index (κ3) is 4.25. The normalized spacial score (nSPS) is 13.3. The summed E-state index contributed by atoms with van der Waals surface area (Å²) in [7, 11) is 0. The molecule has 0 radical (unpaired) electrons. The molecule has 114 valence electrons. The van der Waals surface area contributed by atoms with Crippen LogP contribution in [0.3, 0.4) is 0 Å². The molecular formula is C18H19NO3. The molecule has 2 aromatic rings. The van der Waals surface area contributed by atoms with Gasteiger partial charge in [-0.2, -0.15) is 0 Å². The highest BCUT2D eigenvalue weighted by atomic mass is 16.6. The number of carbonyl (C=O) groups excluding carboxylic acids is 1. The van der Waals surface area contributed by atoms with Crippen molar-refractivity contribution in [3.05, 3.63) is 81.9 Å². The van der Waals surface area contributed by atoms with Crippen molar-refractivity contribution >= 4 is 5.78 Å². The topological polar surface area (TPSA) is 60.2 Å². The molecule has 0 bridgehead atoms. The maximum atomic E-state index is 12.2. The van der Waals surface area contributed by atoms with Gasteiger partial charge in [0, 0.05) is 29.2 Å². The van der Waals surface area contributed by atoms with Crippen LogP contribution in [0.4, 0.5) is 0 Å². The minimum absolute atomic E-state index is 0.0291. The van der Waals surface area contributed by atoms with Gasteiger partial charge in [-0.25, -0.2) is 0 Å². The third-order valence-corrected chi connectivity index (χ3v) is 3.70. The fraction of sp³-hybridized carbons (Fsp3) is 0.278. The lowest BCUT2D eigenvalue weighted by molar-refractivity contribution is -0.538. The molecule has 0 saturated carbocycles. The molecule has 0 heterocycles. The van der Waals surface area contributed by atoms with Crippen molar-refractivity contribution in [3.63, 3.8) is 0 Å². The molecule has 4 nitrogen and oxygen atoms in total. The van der Waals surface area contributed by atoms with Crippen molar-refractivity contribution < 1.29 is 9.72 Å². The monoisotopic (exact) mass is 297 g/mol. The van der Waals surface area contributed by atoms with Gasteiger partial charge in [-0.05, 0) is 5.56 Å². The molecule has 0 aliphatic heterocycles. The summed E-state index contributed by atoms with van der Waals surface area (Å²) in [5, 5.41) is 11.4. The van der Waals surface area contributed by atoms with E-state index in [1.165, 1.54) is 0 Å². The Morgan fingerprint density at radius 3 is 2.14 bits per heavy atom. The lowest BCUT2D eigenvalue weighted by Crippen LogP contribution is -2.22. The van der Waals surface area contributed by atoms with Crippen molar-refractivity contribution in [1.29, 1.82) is 0 Å². The van der Waals surface area contributed by atoms with Gasteiger partial charge >= 0.3 is 0 Å². The molecule has 0 N–H and O–H groups in total. The lowest BCUT2D eigenvalue weighted by atomic mass is 9.89. The van der Waals surface area contributed by atoms with Crippen molar-refractivity contribution in [1.82, 2.24) is 0 Å². The predicted molar refractivity (Wildman–Crippen MR) is 85.1 cm³/mol. The maximum Gasteiger partial charge on any atom is 0.241 e. The van der Waals surface area contributed by atoms with Gasteiger partial charge in [-0.1, -0.05) is 67.6 Å². The molecule has 4 heteroatoms. The summed E-state index contributed by atoms with van der Waals surface area (Å²) in [4.78, 5) is 23.2. The van der Waals surface area contributed by atoms with E-state index in [4.69, 9.17) is 0 Å². The van der Waals surface area contributed by atoms with Gasteiger partial charge in [0.25, 0.3) is 0 Å². The van der Waals surface area contributed by atoms with E-state index in [0.29, 0.717) is 12.0 Å². The van der Waals surface area contributed by atoms with Crippen LogP contribution < -0.4 is 0 Å². The van der Waals surface area contributed by atoms with Crippen molar-refractivity contribution in [2.75, 3.05) is 0 Å². The second kappa shape index (κ2) is 7.50. The maximum absolute atomic E-state index is 12.2. The number of hydrogen-bond acceptors (Lipinski definition) is 3. The van der Waals surface area contributed by atoms with Gasteiger partial charge in [0.15, 0.2) is 0 Å². The van der Waals surface area contributed by atoms with Crippen molar-refractivity contribution in [3.8, 4) is 0 Å². The summed E-state index contributed by atoms with van der Waals surface area (Å²) in [5.41, 5.74) is 1.59. The van der Waals surface area contributed by atoms with Gasteiger partial charge in [0.2, 0.25) is 6.04 Å². The lowest BCUT2D eigenvalue weighted by Gasteiger charge is -2.16. The molecule has 2 unspecified atom stereocenters. The van der Waals surface area contributed by atoms with Gasteiger partial charge in [0.05, 0.1) is 0 Å². The molecule has 0 aliphatic carbocycles. The Bertz CT molecular complexity index is 625. The predicted octanol–water partition coefficient (Wildman–Crippen LogP) is 3.84. The zero-order valence-corrected chi connectivity index (χ0v) is 12.5. The second-order valence-corrected chi connectivity index (χ2v) is 5.52. The summed E-state index contributed by atoms with van der Waals surface area (Å²) in [6.45, 7) is 1.77. The highest BCUT2D eigenvalue weighted by molar-refractivity contribution is 5.81. The average Bonchev–Trinajstić information content (AvgIpc) is 2.48. The molecule has 0 amide bonds. The third-order valence-electron chi connectivity index (χ3n) is 3.70. The zero-order chi connectivity index (χ0) is 15.9.